The van der Waals surface area contributed by atoms with Crippen molar-refractivity contribution in [2.24, 2.45) is 21.5 Å². The Kier molecular flexibility index (Phi) is 5.69. The first-order valence-electron chi connectivity index (χ1n) is 11.8. The number of hydrogen-bond donors (Lipinski definition) is 6. The van der Waals surface area contributed by atoms with Crippen LogP contribution in [0.15, 0.2) is 28.2 Å². The normalized spacial score (nSPS) is 31.7. The van der Waals surface area contributed by atoms with Gasteiger partial charge in [0, 0.05) is 30.6 Å². The summed E-state index contributed by atoms with van der Waals surface area (Å²) in [7, 11) is 0. The lowest BCUT2D eigenvalue weighted by atomic mass is 9.77. The molecule has 0 bridgehead atoms. The van der Waals surface area contributed by atoms with Gasteiger partial charge in [-0.1, -0.05) is 5.92 Å². The number of aliphatic hydroxyl groups is 1. The zero-order valence-corrected chi connectivity index (χ0v) is 20.2. The monoisotopic (exact) mass is 547 g/mol. The number of amides is 3. The van der Waals surface area contributed by atoms with E-state index in [9.17, 15) is 32.7 Å². The van der Waals surface area contributed by atoms with Crippen LogP contribution in [0, 0.1) is 12.3 Å². The van der Waals surface area contributed by atoms with Gasteiger partial charge in [-0.15, -0.1) is 6.42 Å². The van der Waals surface area contributed by atoms with E-state index in [0.29, 0.717) is 6.07 Å². The molecule has 1 aromatic carbocycles. The number of carbonyl (C=O) groups excluding carboxylic acids is 3. The minimum Gasteiger partial charge on any atom is -0.398 e. The number of nitrogen functional groups attached to an aromatic ring is 1. The fourth-order valence-corrected chi connectivity index (χ4v) is 5.67. The van der Waals surface area contributed by atoms with E-state index < -0.39 is 64.5 Å². The molecular weight excluding hydrogens is 523 g/mol. The minimum atomic E-state index is -4.80. The van der Waals surface area contributed by atoms with Crippen LogP contribution in [-0.4, -0.2) is 87.0 Å². The number of hydrogen-bond acceptors (Lipinski definition) is 11. The van der Waals surface area contributed by atoms with Gasteiger partial charge in [0.1, 0.15) is 6.04 Å². The van der Waals surface area contributed by atoms with Crippen LogP contribution < -0.4 is 27.8 Å². The van der Waals surface area contributed by atoms with Crippen LogP contribution in [-0.2, 0) is 15.8 Å². The number of alkyl halides is 3. The highest BCUT2D eigenvalue weighted by molar-refractivity contribution is 6.02. The number of nitrogens with zero attached hydrogens (tertiary/aromatic N) is 4. The number of likely N-dealkylation sites (tertiary alicyclic amines) is 1. The van der Waals surface area contributed by atoms with Gasteiger partial charge in [-0.3, -0.25) is 19.3 Å². The van der Waals surface area contributed by atoms with Gasteiger partial charge in [0.25, 0.3) is 5.91 Å². The summed E-state index contributed by atoms with van der Waals surface area (Å²) in [4.78, 5) is 48.7. The standard InChI is InChI=1S/C23H24F3N9O4/c1-2-21(39)14(31-18(38)10-3-4-12(27)11(7-10)23(24,25)26)9-35-20(29)30-13(8-34-15(36)5-6-16(34)37)17-22(21,35)33-19(28)32-17/h1,3-4,7,13-14,17,39H,5-6,8-9,27H2,(H2,29,30)(H,31,38)(H3,28,32,33)/t13?,14-,17?,21+,22?/m0/s1. The van der Waals surface area contributed by atoms with Gasteiger partial charge in [0.2, 0.25) is 11.8 Å². The Bertz CT molecular complexity index is 1370. The largest absolute Gasteiger partial charge is 0.418 e. The number of imide groups is 1. The molecular formula is C23H24F3N9O4. The number of guanidine groups is 2. The third-order valence-electron chi connectivity index (χ3n) is 7.51. The first kappa shape index (κ1) is 26.1. The minimum absolute atomic E-state index is 0.0416. The molecule has 1 aromatic rings. The molecule has 4 aliphatic heterocycles. The molecule has 206 valence electrons. The molecule has 0 radical (unpaired) electrons. The Morgan fingerprint density at radius 3 is 2.51 bits per heavy atom. The fraction of sp³-hybridized carbons (Fsp3) is 0.435. The lowest BCUT2D eigenvalue weighted by Gasteiger charge is -2.49. The number of nitrogens with two attached hydrogens (primary N) is 3. The third kappa shape index (κ3) is 3.72. The van der Waals surface area contributed by atoms with Crippen LogP contribution in [0.5, 0.6) is 0 Å². The van der Waals surface area contributed by atoms with Crippen LogP contribution in [0.25, 0.3) is 0 Å². The van der Waals surface area contributed by atoms with E-state index >= 15 is 0 Å². The predicted octanol–water partition coefficient (Wildman–Crippen LogP) is -2.11. The van der Waals surface area contributed by atoms with Crippen molar-refractivity contribution in [3.05, 3.63) is 29.3 Å². The van der Waals surface area contributed by atoms with Crippen molar-refractivity contribution in [2.45, 2.75) is 48.4 Å². The maximum atomic E-state index is 13.3. The molecule has 39 heavy (non-hydrogen) atoms. The first-order valence-corrected chi connectivity index (χ1v) is 11.8. The van der Waals surface area contributed by atoms with Crippen LogP contribution in [0.4, 0.5) is 18.9 Å². The summed E-state index contributed by atoms with van der Waals surface area (Å²) in [6.07, 6.45) is 1.08. The van der Waals surface area contributed by atoms with E-state index in [-0.39, 0.29) is 43.4 Å². The predicted molar refractivity (Wildman–Crippen MR) is 130 cm³/mol. The Balaban J connectivity index is 1.49. The lowest BCUT2D eigenvalue weighted by molar-refractivity contribution is -0.139. The van der Waals surface area contributed by atoms with E-state index in [1.54, 1.807) is 0 Å². The molecule has 1 spiro atoms. The third-order valence-corrected chi connectivity index (χ3v) is 7.51. The summed E-state index contributed by atoms with van der Waals surface area (Å²) < 4.78 is 40.0. The van der Waals surface area contributed by atoms with Crippen molar-refractivity contribution in [3.63, 3.8) is 0 Å². The van der Waals surface area contributed by atoms with Crippen molar-refractivity contribution in [2.75, 3.05) is 18.8 Å². The molecule has 4 aliphatic rings. The number of terminal acetylenes is 1. The molecule has 13 nitrogen and oxygen atoms in total. The zero-order chi connectivity index (χ0) is 28.5. The van der Waals surface area contributed by atoms with E-state index in [2.05, 4.69) is 26.5 Å². The second kappa shape index (κ2) is 8.50. The Labute approximate surface area is 219 Å². The van der Waals surface area contributed by atoms with E-state index in [1.165, 1.54) is 4.90 Å². The molecule has 3 amide bonds. The fourth-order valence-electron chi connectivity index (χ4n) is 5.67. The van der Waals surface area contributed by atoms with E-state index in [0.717, 1.165) is 17.0 Å². The summed E-state index contributed by atoms with van der Waals surface area (Å²) in [6, 6.07) is -0.692. The molecule has 0 aliphatic carbocycles. The number of anilines is 1. The Morgan fingerprint density at radius 1 is 1.23 bits per heavy atom. The number of rotatable bonds is 4. The number of halogens is 3. The van der Waals surface area contributed by atoms with Crippen molar-refractivity contribution in [3.8, 4) is 12.3 Å². The molecule has 16 heteroatoms. The van der Waals surface area contributed by atoms with Crippen molar-refractivity contribution in [1.82, 2.24) is 20.4 Å². The van der Waals surface area contributed by atoms with Gasteiger partial charge in [0.05, 0.1) is 24.2 Å². The van der Waals surface area contributed by atoms with E-state index in [4.69, 9.17) is 23.6 Å². The van der Waals surface area contributed by atoms with Gasteiger partial charge in [0.15, 0.2) is 23.2 Å². The second-order valence-electron chi connectivity index (χ2n) is 9.65. The number of carbonyl (C=O) groups is 3. The van der Waals surface area contributed by atoms with E-state index in [1.807, 2.05) is 0 Å². The molecule has 2 saturated heterocycles. The van der Waals surface area contributed by atoms with Crippen LogP contribution in [0.1, 0.15) is 28.8 Å². The molecule has 0 saturated carbocycles. The summed E-state index contributed by atoms with van der Waals surface area (Å²) in [5.74, 6) is 0.201. The summed E-state index contributed by atoms with van der Waals surface area (Å²) in [5.41, 5.74) is 11.5. The molecule has 5 rings (SSSR count). The first-order chi connectivity index (χ1) is 18.2. The smallest absolute Gasteiger partial charge is 0.398 e. The van der Waals surface area contributed by atoms with Gasteiger partial charge in [-0.2, -0.15) is 13.2 Å². The highest BCUT2D eigenvalue weighted by Gasteiger charge is 2.73. The molecule has 5 atom stereocenters. The zero-order valence-electron chi connectivity index (χ0n) is 20.2. The average molecular weight is 547 g/mol. The molecule has 0 aromatic heterocycles. The van der Waals surface area contributed by atoms with Crippen molar-refractivity contribution < 1.29 is 32.7 Å². The van der Waals surface area contributed by atoms with Crippen molar-refractivity contribution >= 4 is 35.3 Å². The second-order valence-corrected chi connectivity index (χ2v) is 9.65. The number of aliphatic imine (C=N–C) groups is 2. The SMILES string of the molecule is C#C[C@@]1(O)[C@@H](NC(=O)c2ccc(N)c(C(F)(F)F)c2)CN2C(N)=NC(CN3C(=O)CCC3=O)C3N=C(N)NC321. The molecule has 4 heterocycles. The molecule has 3 unspecified atom stereocenters. The average Bonchev–Trinajstić information content (AvgIpc) is 3.46. The molecule has 9 N–H and O–H groups in total. The van der Waals surface area contributed by atoms with Crippen LogP contribution in [0.3, 0.4) is 0 Å². The quantitative estimate of drug-likeness (QED) is 0.138. The topological polar surface area (TPSA) is 205 Å². The number of nitrogens with one attached hydrogen (secondary N) is 2. The molecule has 2 fully saturated rings. The Hall–Kier alpha value is -4.52. The van der Waals surface area contributed by atoms with Gasteiger partial charge >= 0.3 is 6.18 Å². The van der Waals surface area contributed by atoms with Gasteiger partial charge < -0.3 is 37.8 Å². The number of benzene rings is 1. The lowest BCUT2D eigenvalue weighted by Crippen LogP contribution is -2.78. The van der Waals surface area contributed by atoms with Crippen LogP contribution >= 0.6 is 0 Å². The Morgan fingerprint density at radius 2 is 1.90 bits per heavy atom. The maximum absolute atomic E-state index is 13.3. The highest BCUT2D eigenvalue weighted by atomic mass is 19.4. The van der Waals surface area contributed by atoms with Gasteiger partial charge in [-0.25, -0.2) is 9.98 Å². The van der Waals surface area contributed by atoms with Crippen molar-refractivity contribution in [1.29, 1.82) is 0 Å². The van der Waals surface area contributed by atoms with Gasteiger partial charge in [-0.05, 0) is 18.2 Å². The summed E-state index contributed by atoms with van der Waals surface area (Å²) in [5, 5.41) is 17.3. The van der Waals surface area contributed by atoms with Crippen LogP contribution in [0.2, 0.25) is 0 Å². The maximum Gasteiger partial charge on any atom is 0.418 e. The highest BCUT2D eigenvalue weighted by Crippen LogP contribution is 2.46. The summed E-state index contributed by atoms with van der Waals surface area (Å²) >= 11 is 0. The summed E-state index contributed by atoms with van der Waals surface area (Å²) in [6.45, 7) is -0.441.